The fourth-order valence-corrected chi connectivity index (χ4v) is 3.42. The normalized spacial score (nSPS) is 23.3. The zero-order chi connectivity index (χ0) is 13.3. The number of hydrogen-bond acceptors (Lipinski definition) is 2. The molecule has 2 unspecified atom stereocenters. The maximum Gasteiger partial charge on any atom is 0.255 e. The number of alkyl halides is 1. The van der Waals surface area contributed by atoms with Crippen molar-refractivity contribution in [3.05, 3.63) is 17.0 Å². The standard InChI is InChI=1S/C13H20BrN3O/c1-8-12(9(2)17(3)16-8)13(18)15-7-10-4-5-11(14)6-10/h10-11H,4-7H2,1-3H3,(H,15,18). The van der Waals surface area contributed by atoms with Gasteiger partial charge >= 0.3 is 0 Å². The van der Waals surface area contributed by atoms with Gasteiger partial charge in [-0.1, -0.05) is 15.9 Å². The van der Waals surface area contributed by atoms with E-state index >= 15 is 0 Å². The third kappa shape index (κ3) is 2.76. The molecule has 1 aliphatic rings. The topological polar surface area (TPSA) is 46.9 Å². The van der Waals surface area contributed by atoms with Crippen molar-refractivity contribution in [1.82, 2.24) is 15.1 Å². The molecule has 0 spiro atoms. The van der Waals surface area contributed by atoms with Crippen molar-refractivity contribution in [2.75, 3.05) is 6.54 Å². The summed E-state index contributed by atoms with van der Waals surface area (Å²) in [4.78, 5) is 12.8. The largest absolute Gasteiger partial charge is 0.352 e. The molecule has 5 heteroatoms. The van der Waals surface area contributed by atoms with Gasteiger partial charge in [-0.25, -0.2) is 0 Å². The van der Waals surface area contributed by atoms with Gasteiger partial charge in [0.2, 0.25) is 0 Å². The van der Waals surface area contributed by atoms with Crippen LogP contribution in [0.15, 0.2) is 0 Å². The van der Waals surface area contributed by atoms with E-state index in [0.29, 0.717) is 10.7 Å². The van der Waals surface area contributed by atoms with Gasteiger partial charge in [0, 0.05) is 24.1 Å². The molecule has 0 aromatic carbocycles. The molecule has 1 aliphatic carbocycles. The lowest BCUT2D eigenvalue weighted by Crippen LogP contribution is -2.29. The van der Waals surface area contributed by atoms with E-state index in [1.807, 2.05) is 20.9 Å². The van der Waals surface area contributed by atoms with Crippen LogP contribution in [-0.4, -0.2) is 27.1 Å². The van der Waals surface area contributed by atoms with Crippen molar-refractivity contribution in [3.8, 4) is 0 Å². The molecule has 1 amide bonds. The highest BCUT2D eigenvalue weighted by molar-refractivity contribution is 9.09. The number of nitrogens with zero attached hydrogens (tertiary/aromatic N) is 2. The molecule has 0 saturated heterocycles. The number of carbonyl (C=O) groups excluding carboxylic acids is 1. The van der Waals surface area contributed by atoms with Gasteiger partial charge in [-0.3, -0.25) is 9.48 Å². The van der Waals surface area contributed by atoms with E-state index in [-0.39, 0.29) is 5.91 Å². The van der Waals surface area contributed by atoms with E-state index in [1.165, 1.54) is 12.8 Å². The third-order valence-corrected chi connectivity index (χ3v) is 4.60. The first-order valence-electron chi connectivity index (χ1n) is 6.41. The number of halogens is 1. The van der Waals surface area contributed by atoms with Crippen molar-refractivity contribution in [2.45, 2.75) is 37.9 Å². The summed E-state index contributed by atoms with van der Waals surface area (Å²) >= 11 is 3.63. The molecule has 4 nitrogen and oxygen atoms in total. The van der Waals surface area contributed by atoms with Crippen molar-refractivity contribution in [3.63, 3.8) is 0 Å². The molecule has 1 N–H and O–H groups in total. The number of aryl methyl sites for hydroxylation is 2. The van der Waals surface area contributed by atoms with E-state index in [0.717, 1.165) is 29.9 Å². The maximum atomic E-state index is 12.2. The molecule has 0 aliphatic heterocycles. The van der Waals surface area contributed by atoms with Crippen LogP contribution in [-0.2, 0) is 7.05 Å². The molecule has 18 heavy (non-hydrogen) atoms. The van der Waals surface area contributed by atoms with Crippen LogP contribution >= 0.6 is 15.9 Å². The predicted molar refractivity (Wildman–Crippen MR) is 75.1 cm³/mol. The van der Waals surface area contributed by atoms with Gasteiger partial charge in [0.15, 0.2) is 0 Å². The molecule has 0 bridgehead atoms. The number of amides is 1. The second-order valence-electron chi connectivity index (χ2n) is 5.16. The molecule has 1 heterocycles. The predicted octanol–water partition coefficient (Wildman–Crippen LogP) is 2.33. The highest BCUT2D eigenvalue weighted by Gasteiger charge is 2.24. The fourth-order valence-electron chi connectivity index (χ4n) is 2.63. The summed E-state index contributed by atoms with van der Waals surface area (Å²) in [6.45, 7) is 4.58. The van der Waals surface area contributed by atoms with Crippen molar-refractivity contribution in [1.29, 1.82) is 0 Å². The van der Waals surface area contributed by atoms with Gasteiger partial charge in [-0.05, 0) is 39.0 Å². The Labute approximate surface area is 116 Å². The van der Waals surface area contributed by atoms with Gasteiger partial charge in [0.25, 0.3) is 5.91 Å². The molecule has 1 aromatic rings. The van der Waals surface area contributed by atoms with Crippen LogP contribution < -0.4 is 5.32 Å². The van der Waals surface area contributed by atoms with E-state index in [2.05, 4.69) is 26.3 Å². The van der Waals surface area contributed by atoms with Crippen molar-refractivity contribution >= 4 is 21.8 Å². The Morgan fingerprint density at radius 2 is 2.22 bits per heavy atom. The van der Waals surface area contributed by atoms with Crippen LogP contribution in [0.5, 0.6) is 0 Å². The SMILES string of the molecule is Cc1nn(C)c(C)c1C(=O)NCC1CCC(Br)C1. The van der Waals surface area contributed by atoms with Gasteiger partial charge in [0.1, 0.15) is 0 Å². The van der Waals surface area contributed by atoms with Crippen molar-refractivity contribution in [2.24, 2.45) is 13.0 Å². The highest BCUT2D eigenvalue weighted by atomic mass is 79.9. The molecule has 1 aromatic heterocycles. The molecular weight excluding hydrogens is 294 g/mol. The average molecular weight is 314 g/mol. The van der Waals surface area contributed by atoms with Gasteiger partial charge in [0.05, 0.1) is 11.3 Å². The Hall–Kier alpha value is -0.840. The summed E-state index contributed by atoms with van der Waals surface area (Å²) in [5, 5.41) is 7.32. The number of rotatable bonds is 3. The fraction of sp³-hybridized carbons (Fsp3) is 0.692. The molecule has 1 fully saturated rings. The second kappa shape index (κ2) is 5.43. The number of hydrogen-bond donors (Lipinski definition) is 1. The van der Waals surface area contributed by atoms with E-state index in [1.54, 1.807) is 4.68 Å². The zero-order valence-corrected chi connectivity index (χ0v) is 12.7. The summed E-state index contributed by atoms with van der Waals surface area (Å²) in [5.41, 5.74) is 2.46. The molecular formula is C13H20BrN3O. The molecule has 2 rings (SSSR count). The summed E-state index contributed by atoms with van der Waals surface area (Å²) in [5.74, 6) is 0.617. The van der Waals surface area contributed by atoms with Gasteiger partial charge < -0.3 is 5.32 Å². The Kier molecular flexibility index (Phi) is 4.10. The first-order chi connectivity index (χ1) is 8.49. The Bertz CT molecular complexity index is 455. The highest BCUT2D eigenvalue weighted by Crippen LogP contribution is 2.30. The lowest BCUT2D eigenvalue weighted by atomic mass is 10.1. The minimum absolute atomic E-state index is 0.0103. The van der Waals surface area contributed by atoms with Crippen LogP contribution in [0.1, 0.15) is 41.0 Å². The Morgan fingerprint density at radius 3 is 2.72 bits per heavy atom. The number of carbonyl (C=O) groups is 1. The van der Waals surface area contributed by atoms with Crippen LogP contribution in [0.3, 0.4) is 0 Å². The minimum Gasteiger partial charge on any atom is -0.352 e. The molecule has 1 saturated carbocycles. The van der Waals surface area contributed by atoms with E-state index < -0.39 is 0 Å². The first kappa shape index (κ1) is 13.6. The van der Waals surface area contributed by atoms with Crippen LogP contribution in [0.4, 0.5) is 0 Å². The number of aromatic nitrogens is 2. The first-order valence-corrected chi connectivity index (χ1v) is 7.33. The summed E-state index contributed by atoms with van der Waals surface area (Å²) in [7, 11) is 1.87. The maximum absolute atomic E-state index is 12.2. The van der Waals surface area contributed by atoms with E-state index in [4.69, 9.17) is 0 Å². The van der Waals surface area contributed by atoms with Crippen LogP contribution in [0, 0.1) is 19.8 Å². The molecule has 2 atom stereocenters. The minimum atomic E-state index is 0.0103. The lowest BCUT2D eigenvalue weighted by molar-refractivity contribution is 0.0946. The molecule has 0 radical (unpaired) electrons. The van der Waals surface area contributed by atoms with Crippen LogP contribution in [0.25, 0.3) is 0 Å². The lowest BCUT2D eigenvalue weighted by Gasteiger charge is -2.11. The quantitative estimate of drug-likeness (QED) is 0.871. The monoisotopic (exact) mass is 313 g/mol. The smallest absolute Gasteiger partial charge is 0.255 e. The number of nitrogens with one attached hydrogen (secondary N) is 1. The summed E-state index contributed by atoms with van der Waals surface area (Å²) in [6, 6.07) is 0. The summed E-state index contributed by atoms with van der Waals surface area (Å²) < 4.78 is 1.76. The van der Waals surface area contributed by atoms with Gasteiger partial charge in [-0.2, -0.15) is 5.10 Å². The van der Waals surface area contributed by atoms with Crippen molar-refractivity contribution < 1.29 is 4.79 Å². The Morgan fingerprint density at radius 1 is 1.50 bits per heavy atom. The summed E-state index contributed by atoms with van der Waals surface area (Å²) in [6.07, 6.45) is 3.57. The average Bonchev–Trinajstić information content (AvgIpc) is 2.82. The molecule has 100 valence electrons. The third-order valence-electron chi connectivity index (χ3n) is 3.76. The Balaban J connectivity index is 1.95. The van der Waals surface area contributed by atoms with Gasteiger partial charge in [-0.15, -0.1) is 0 Å². The van der Waals surface area contributed by atoms with E-state index in [9.17, 15) is 4.79 Å². The second-order valence-corrected chi connectivity index (χ2v) is 6.45. The zero-order valence-electron chi connectivity index (χ0n) is 11.2. The van der Waals surface area contributed by atoms with Crippen LogP contribution in [0.2, 0.25) is 0 Å².